The van der Waals surface area contributed by atoms with Gasteiger partial charge in [0, 0.05) is 16.6 Å². The van der Waals surface area contributed by atoms with E-state index >= 15 is 0 Å². The van der Waals surface area contributed by atoms with Gasteiger partial charge in [-0.2, -0.15) is 5.10 Å². The third kappa shape index (κ3) is 3.90. The van der Waals surface area contributed by atoms with Gasteiger partial charge in [0.2, 0.25) is 0 Å². The van der Waals surface area contributed by atoms with E-state index in [4.69, 9.17) is 0 Å². The molecule has 1 N–H and O–H groups in total. The Morgan fingerprint density at radius 1 is 1.35 bits per heavy atom. The van der Waals surface area contributed by atoms with Gasteiger partial charge in [-0.1, -0.05) is 15.9 Å². The molecular weight excluding hydrogens is 325 g/mol. The summed E-state index contributed by atoms with van der Waals surface area (Å²) in [7, 11) is 0. The molecule has 0 fully saturated rings. The van der Waals surface area contributed by atoms with E-state index < -0.39 is 0 Å². The van der Waals surface area contributed by atoms with E-state index in [0.29, 0.717) is 15.7 Å². The average Bonchev–Trinajstić information content (AvgIpc) is 2.30. The Labute approximate surface area is 124 Å². The van der Waals surface area contributed by atoms with Crippen LogP contribution in [0.15, 0.2) is 39.7 Å². The van der Waals surface area contributed by atoms with Crippen LogP contribution in [0.25, 0.3) is 0 Å². The topological polar surface area (TPSA) is 46.9 Å². The average molecular weight is 340 g/mol. The summed E-state index contributed by atoms with van der Waals surface area (Å²) in [5.74, 6) is -0.347. The Hall–Kier alpha value is -1.69. The van der Waals surface area contributed by atoms with Crippen LogP contribution in [0.4, 0.5) is 10.1 Å². The van der Waals surface area contributed by atoms with Crippen LogP contribution in [0.5, 0.6) is 0 Å². The maximum Gasteiger partial charge on any atom is 0.269 e. The number of hydrogen-bond acceptors (Lipinski definition) is 3. The summed E-state index contributed by atoms with van der Waals surface area (Å²) in [6.45, 7) is 4.20. The van der Waals surface area contributed by atoms with Crippen LogP contribution in [0.3, 0.4) is 0 Å². The van der Waals surface area contributed by atoms with Crippen molar-refractivity contribution in [3.05, 3.63) is 56.7 Å². The number of aromatic nitrogens is 2. The maximum atomic E-state index is 13.3. The van der Waals surface area contributed by atoms with E-state index in [-0.39, 0.29) is 24.0 Å². The van der Waals surface area contributed by atoms with Gasteiger partial charge < -0.3 is 5.32 Å². The Bertz CT molecular complexity index is 649. The summed E-state index contributed by atoms with van der Waals surface area (Å²) in [6.07, 6.45) is 1.59. The molecule has 0 aliphatic carbocycles. The second-order valence-corrected chi connectivity index (χ2v) is 5.73. The Kier molecular flexibility index (Phi) is 4.54. The Balaban J connectivity index is 2.23. The first-order valence-electron chi connectivity index (χ1n) is 6.23. The lowest BCUT2D eigenvalue weighted by Crippen LogP contribution is -2.24. The lowest BCUT2D eigenvalue weighted by atomic mass is 10.2. The molecule has 2 aromatic rings. The van der Waals surface area contributed by atoms with Crippen molar-refractivity contribution >= 4 is 21.6 Å². The molecule has 1 aromatic heterocycles. The van der Waals surface area contributed by atoms with Crippen LogP contribution >= 0.6 is 15.9 Å². The third-order valence-electron chi connectivity index (χ3n) is 2.58. The molecule has 0 atom stereocenters. The molecule has 0 unspecified atom stereocenters. The van der Waals surface area contributed by atoms with Gasteiger partial charge >= 0.3 is 0 Å². The van der Waals surface area contributed by atoms with E-state index in [9.17, 15) is 9.18 Å². The Morgan fingerprint density at radius 3 is 2.70 bits per heavy atom. The highest BCUT2D eigenvalue weighted by Gasteiger charge is 2.04. The Morgan fingerprint density at radius 2 is 2.10 bits per heavy atom. The van der Waals surface area contributed by atoms with Gasteiger partial charge in [-0.15, -0.1) is 0 Å². The molecule has 1 heterocycles. The number of rotatable bonds is 4. The van der Waals surface area contributed by atoms with Gasteiger partial charge in [-0.05, 0) is 37.6 Å². The van der Waals surface area contributed by atoms with Crippen LogP contribution in [0.1, 0.15) is 19.4 Å². The molecule has 1 aromatic carbocycles. The van der Waals surface area contributed by atoms with E-state index in [1.807, 2.05) is 13.8 Å². The minimum atomic E-state index is -0.347. The summed E-state index contributed by atoms with van der Waals surface area (Å²) < 4.78 is 15.2. The third-order valence-corrected chi connectivity index (χ3v) is 3.04. The van der Waals surface area contributed by atoms with Crippen LogP contribution in [-0.4, -0.2) is 15.8 Å². The van der Waals surface area contributed by atoms with Gasteiger partial charge in [0.05, 0.1) is 18.4 Å². The smallest absolute Gasteiger partial charge is 0.269 e. The largest absolute Gasteiger partial charge is 0.381 e. The monoisotopic (exact) mass is 339 g/mol. The van der Waals surface area contributed by atoms with Crippen molar-refractivity contribution < 1.29 is 4.39 Å². The zero-order valence-corrected chi connectivity index (χ0v) is 12.8. The SMILES string of the molecule is CC(C)Nc1cnn(Cc2cc(F)cc(Br)c2)c(=O)c1. The van der Waals surface area contributed by atoms with Crippen molar-refractivity contribution in [2.75, 3.05) is 5.32 Å². The summed E-state index contributed by atoms with van der Waals surface area (Å²) >= 11 is 3.23. The predicted octanol–water partition coefficient (Wildman–Crippen LogP) is 3.01. The molecule has 0 radical (unpaired) electrons. The summed E-state index contributed by atoms with van der Waals surface area (Å²) in [4.78, 5) is 12.0. The molecule has 2 rings (SSSR count). The van der Waals surface area contributed by atoms with E-state index in [1.54, 1.807) is 12.3 Å². The first-order chi connectivity index (χ1) is 9.44. The minimum Gasteiger partial charge on any atom is -0.381 e. The molecule has 4 nitrogen and oxygen atoms in total. The molecule has 0 bridgehead atoms. The van der Waals surface area contributed by atoms with Gasteiger partial charge in [0.1, 0.15) is 5.82 Å². The van der Waals surface area contributed by atoms with E-state index in [2.05, 4.69) is 26.3 Å². The van der Waals surface area contributed by atoms with Crippen molar-refractivity contribution in [3.63, 3.8) is 0 Å². The molecule has 0 amide bonds. The standard InChI is InChI=1S/C14H15BrFN3O/c1-9(2)18-13-6-14(20)19(17-7-13)8-10-3-11(15)5-12(16)4-10/h3-7,9,18H,8H2,1-2H3. The van der Waals surface area contributed by atoms with Gasteiger partial charge in [0.25, 0.3) is 5.56 Å². The fraction of sp³-hybridized carbons (Fsp3) is 0.286. The normalized spacial score (nSPS) is 10.8. The van der Waals surface area contributed by atoms with Gasteiger partial charge in [-0.25, -0.2) is 9.07 Å². The molecule has 0 saturated carbocycles. The van der Waals surface area contributed by atoms with Crippen molar-refractivity contribution in [3.8, 4) is 0 Å². The fourth-order valence-electron chi connectivity index (χ4n) is 1.84. The summed E-state index contributed by atoms with van der Waals surface area (Å²) in [5.41, 5.74) is 1.13. The van der Waals surface area contributed by atoms with Crippen LogP contribution in [0.2, 0.25) is 0 Å². The highest BCUT2D eigenvalue weighted by atomic mass is 79.9. The second kappa shape index (κ2) is 6.17. The maximum absolute atomic E-state index is 13.3. The molecule has 0 saturated heterocycles. The molecule has 0 aliphatic rings. The van der Waals surface area contributed by atoms with Crippen molar-refractivity contribution in [1.29, 1.82) is 0 Å². The van der Waals surface area contributed by atoms with Crippen LogP contribution < -0.4 is 10.9 Å². The molecule has 0 spiro atoms. The number of anilines is 1. The second-order valence-electron chi connectivity index (χ2n) is 4.82. The molecule has 6 heteroatoms. The van der Waals surface area contributed by atoms with Gasteiger partial charge in [0.15, 0.2) is 0 Å². The first kappa shape index (κ1) is 14.7. The lowest BCUT2D eigenvalue weighted by molar-refractivity contribution is 0.609. The van der Waals surface area contributed by atoms with Gasteiger partial charge in [-0.3, -0.25) is 4.79 Å². The number of nitrogens with one attached hydrogen (secondary N) is 1. The number of hydrogen-bond donors (Lipinski definition) is 1. The summed E-state index contributed by atoms with van der Waals surface area (Å²) in [6, 6.07) is 6.24. The number of halogens is 2. The minimum absolute atomic E-state index is 0.226. The van der Waals surface area contributed by atoms with Crippen molar-refractivity contribution in [1.82, 2.24) is 9.78 Å². The zero-order valence-electron chi connectivity index (χ0n) is 11.2. The highest BCUT2D eigenvalue weighted by Crippen LogP contribution is 2.15. The fourth-order valence-corrected chi connectivity index (χ4v) is 2.35. The van der Waals surface area contributed by atoms with E-state index in [0.717, 1.165) is 0 Å². The molecule has 106 valence electrons. The van der Waals surface area contributed by atoms with Crippen molar-refractivity contribution in [2.45, 2.75) is 26.4 Å². The molecule has 20 heavy (non-hydrogen) atoms. The quantitative estimate of drug-likeness (QED) is 0.931. The molecular formula is C14H15BrFN3O. The lowest BCUT2D eigenvalue weighted by Gasteiger charge is -2.10. The van der Waals surface area contributed by atoms with E-state index in [1.165, 1.54) is 22.9 Å². The number of nitrogens with zero attached hydrogens (tertiary/aromatic N) is 2. The summed E-state index contributed by atoms with van der Waals surface area (Å²) in [5, 5.41) is 7.20. The van der Waals surface area contributed by atoms with Crippen LogP contribution in [0, 0.1) is 5.82 Å². The highest BCUT2D eigenvalue weighted by molar-refractivity contribution is 9.10. The predicted molar refractivity (Wildman–Crippen MR) is 80.5 cm³/mol. The molecule has 0 aliphatic heterocycles. The van der Waals surface area contributed by atoms with Crippen LogP contribution in [-0.2, 0) is 6.54 Å². The number of benzene rings is 1. The van der Waals surface area contributed by atoms with Crippen molar-refractivity contribution in [2.24, 2.45) is 0 Å². The zero-order chi connectivity index (χ0) is 14.7. The first-order valence-corrected chi connectivity index (χ1v) is 7.02.